The van der Waals surface area contributed by atoms with Gasteiger partial charge in [0.25, 0.3) is 0 Å². The molecule has 0 unspecified atom stereocenters. The number of carbonyl (C=O) groups is 2. The number of methoxy groups -OCH3 is 2. The molecule has 14 heavy (non-hydrogen) atoms. The molecule has 74 valence electrons. The van der Waals surface area contributed by atoms with Gasteiger partial charge >= 0.3 is 0 Å². The van der Waals surface area contributed by atoms with Crippen LogP contribution in [-0.4, -0.2) is 26.3 Å². The molecule has 0 amide bonds. The maximum absolute atomic E-state index is 11.2. The van der Waals surface area contributed by atoms with Crippen molar-refractivity contribution in [1.82, 2.24) is 0 Å². The molecule has 0 atom stereocenters. The number of carbonyl (C=O) groups excluding carboxylic acids is 2. The number of hydrogen-bond donors (Lipinski definition) is 0. The molecule has 0 fully saturated rings. The van der Waals surface area contributed by atoms with Crippen molar-refractivity contribution in [3.63, 3.8) is 0 Å². The van der Waals surface area contributed by atoms with Crippen molar-refractivity contribution in [3.8, 4) is 11.5 Å². The van der Waals surface area contributed by atoms with Crippen LogP contribution in [0, 0.1) is 0 Å². The summed E-state index contributed by atoms with van der Waals surface area (Å²) in [6.07, 6.45) is 0.247. The molecule has 0 radical (unpaired) electrons. The van der Waals surface area contributed by atoms with Gasteiger partial charge in [0.15, 0.2) is 6.29 Å². The Bertz CT molecular complexity index is 357. The number of Topliss-reactive ketones (excluding diaryl/α,β-unsaturated/α-hetero) is 1. The van der Waals surface area contributed by atoms with Gasteiger partial charge in [0.2, 0.25) is 5.78 Å². The van der Waals surface area contributed by atoms with E-state index in [2.05, 4.69) is 0 Å². The highest BCUT2D eigenvalue weighted by Crippen LogP contribution is 2.23. The van der Waals surface area contributed by atoms with Crippen LogP contribution in [0.25, 0.3) is 0 Å². The number of ketones is 1. The van der Waals surface area contributed by atoms with Crippen molar-refractivity contribution in [2.24, 2.45) is 0 Å². The van der Waals surface area contributed by atoms with Crippen LogP contribution in [0.1, 0.15) is 10.4 Å². The third-order valence-corrected chi connectivity index (χ3v) is 1.78. The standard InChI is InChI=1S/C10H10O4/c1-13-7-3-4-10(14-2)8(5-7)9(12)6-11/h3-6H,1-2H3. The monoisotopic (exact) mass is 194 g/mol. The third kappa shape index (κ3) is 1.90. The lowest BCUT2D eigenvalue weighted by atomic mass is 10.1. The van der Waals surface area contributed by atoms with Crippen molar-refractivity contribution < 1.29 is 19.1 Å². The van der Waals surface area contributed by atoms with Crippen LogP contribution in [0.3, 0.4) is 0 Å². The Labute approximate surface area is 81.4 Å². The van der Waals surface area contributed by atoms with E-state index in [0.717, 1.165) is 0 Å². The maximum atomic E-state index is 11.2. The first-order chi connectivity index (χ1) is 6.72. The molecule has 0 aliphatic rings. The SMILES string of the molecule is COc1ccc(OC)c(C(=O)C=O)c1. The second kappa shape index (κ2) is 4.41. The van der Waals surface area contributed by atoms with Crippen LogP contribution >= 0.6 is 0 Å². The maximum Gasteiger partial charge on any atom is 0.229 e. The fraction of sp³-hybridized carbons (Fsp3) is 0.200. The molecular formula is C10H10O4. The Morgan fingerprint density at radius 3 is 2.50 bits per heavy atom. The van der Waals surface area contributed by atoms with Gasteiger partial charge in [-0.25, -0.2) is 0 Å². The normalized spacial score (nSPS) is 9.29. The predicted octanol–water partition coefficient (Wildman–Crippen LogP) is 1.09. The fourth-order valence-corrected chi connectivity index (χ4v) is 1.07. The van der Waals surface area contributed by atoms with E-state index < -0.39 is 5.78 Å². The van der Waals surface area contributed by atoms with Crippen molar-refractivity contribution in [2.45, 2.75) is 0 Å². The molecule has 0 saturated carbocycles. The van der Waals surface area contributed by atoms with Gasteiger partial charge in [-0.3, -0.25) is 9.59 Å². The van der Waals surface area contributed by atoms with E-state index >= 15 is 0 Å². The first-order valence-corrected chi connectivity index (χ1v) is 3.94. The van der Waals surface area contributed by atoms with Crippen molar-refractivity contribution >= 4 is 12.1 Å². The second-order valence-electron chi connectivity index (χ2n) is 2.55. The van der Waals surface area contributed by atoms with E-state index in [1.807, 2.05) is 0 Å². The van der Waals surface area contributed by atoms with Crippen LogP contribution in [0.5, 0.6) is 11.5 Å². The summed E-state index contributed by atoms with van der Waals surface area (Å²) in [7, 11) is 2.92. The zero-order valence-corrected chi connectivity index (χ0v) is 7.94. The molecule has 0 aliphatic carbocycles. The summed E-state index contributed by atoms with van der Waals surface area (Å²) >= 11 is 0. The molecule has 0 spiro atoms. The van der Waals surface area contributed by atoms with Gasteiger partial charge in [0, 0.05) is 0 Å². The van der Waals surface area contributed by atoms with Crippen LogP contribution in [0.4, 0.5) is 0 Å². The van der Waals surface area contributed by atoms with E-state index in [4.69, 9.17) is 9.47 Å². The Morgan fingerprint density at radius 2 is 2.00 bits per heavy atom. The first-order valence-electron chi connectivity index (χ1n) is 3.94. The zero-order valence-electron chi connectivity index (χ0n) is 7.94. The van der Waals surface area contributed by atoms with Crippen LogP contribution in [0.15, 0.2) is 18.2 Å². The van der Waals surface area contributed by atoms with Crippen molar-refractivity contribution in [2.75, 3.05) is 14.2 Å². The third-order valence-electron chi connectivity index (χ3n) is 1.78. The van der Waals surface area contributed by atoms with Crippen molar-refractivity contribution in [3.05, 3.63) is 23.8 Å². The van der Waals surface area contributed by atoms with Gasteiger partial charge < -0.3 is 9.47 Å². The fourth-order valence-electron chi connectivity index (χ4n) is 1.07. The molecule has 4 heteroatoms. The topological polar surface area (TPSA) is 52.6 Å². The van der Waals surface area contributed by atoms with Crippen LogP contribution in [0.2, 0.25) is 0 Å². The van der Waals surface area contributed by atoms with Gasteiger partial charge in [-0.15, -0.1) is 0 Å². The second-order valence-corrected chi connectivity index (χ2v) is 2.55. The summed E-state index contributed by atoms with van der Waals surface area (Å²) in [5.74, 6) is 0.250. The average Bonchev–Trinajstić information content (AvgIpc) is 2.27. The quantitative estimate of drug-likeness (QED) is 0.409. The molecule has 0 aliphatic heterocycles. The Morgan fingerprint density at radius 1 is 1.29 bits per heavy atom. The zero-order chi connectivity index (χ0) is 10.6. The lowest BCUT2D eigenvalue weighted by Gasteiger charge is -2.06. The molecular weight excluding hydrogens is 184 g/mol. The molecule has 0 N–H and O–H groups in total. The number of ether oxygens (including phenoxy) is 2. The van der Waals surface area contributed by atoms with E-state index in [1.165, 1.54) is 20.3 Å². The molecule has 4 nitrogen and oxygen atoms in total. The number of hydrogen-bond acceptors (Lipinski definition) is 4. The van der Waals surface area contributed by atoms with Crippen LogP contribution in [-0.2, 0) is 4.79 Å². The summed E-state index contributed by atoms with van der Waals surface area (Å²) in [5, 5.41) is 0. The van der Waals surface area contributed by atoms with Gasteiger partial charge in [-0.1, -0.05) is 0 Å². The minimum absolute atomic E-state index is 0.210. The molecule has 0 saturated heterocycles. The number of aldehydes is 1. The summed E-state index contributed by atoms with van der Waals surface area (Å²) in [5.41, 5.74) is 0.210. The van der Waals surface area contributed by atoms with E-state index in [1.54, 1.807) is 12.1 Å². The smallest absolute Gasteiger partial charge is 0.229 e. The summed E-state index contributed by atoms with van der Waals surface area (Å²) in [6, 6.07) is 4.70. The molecule has 1 rings (SSSR count). The average molecular weight is 194 g/mol. The predicted molar refractivity (Wildman–Crippen MR) is 49.9 cm³/mol. The largest absolute Gasteiger partial charge is 0.497 e. The molecule has 1 aromatic carbocycles. The first kappa shape index (κ1) is 10.2. The lowest BCUT2D eigenvalue weighted by Crippen LogP contribution is -2.03. The number of rotatable bonds is 4. The van der Waals surface area contributed by atoms with E-state index in [9.17, 15) is 9.59 Å². The number of benzene rings is 1. The van der Waals surface area contributed by atoms with Gasteiger partial charge in [0.1, 0.15) is 11.5 Å². The molecule has 0 heterocycles. The summed E-state index contributed by atoms with van der Waals surface area (Å²) in [4.78, 5) is 21.5. The summed E-state index contributed by atoms with van der Waals surface area (Å²) in [6.45, 7) is 0. The van der Waals surface area contributed by atoms with Gasteiger partial charge in [-0.2, -0.15) is 0 Å². The highest BCUT2D eigenvalue weighted by Gasteiger charge is 2.12. The van der Waals surface area contributed by atoms with E-state index in [-0.39, 0.29) is 11.8 Å². The Kier molecular flexibility index (Phi) is 3.23. The molecule has 0 aromatic heterocycles. The van der Waals surface area contributed by atoms with Crippen LogP contribution < -0.4 is 9.47 Å². The van der Waals surface area contributed by atoms with Gasteiger partial charge in [-0.05, 0) is 18.2 Å². The molecule has 0 bridgehead atoms. The molecule has 1 aromatic rings. The highest BCUT2D eigenvalue weighted by molar-refractivity contribution is 6.34. The lowest BCUT2D eigenvalue weighted by molar-refractivity contribution is -0.104. The van der Waals surface area contributed by atoms with Crippen molar-refractivity contribution in [1.29, 1.82) is 0 Å². The minimum atomic E-state index is -0.624. The highest BCUT2D eigenvalue weighted by atomic mass is 16.5. The Hall–Kier alpha value is -1.84. The minimum Gasteiger partial charge on any atom is -0.497 e. The van der Waals surface area contributed by atoms with E-state index in [0.29, 0.717) is 11.5 Å². The summed E-state index contributed by atoms with van der Waals surface area (Å²) < 4.78 is 9.86. The Balaban J connectivity index is 3.21. The van der Waals surface area contributed by atoms with Gasteiger partial charge in [0.05, 0.1) is 19.8 Å².